The van der Waals surface area contributed by atoms with Crippen molar-refractivity contribution in [2.24, 2.45) is 4.99 Å². The number of rotatable bonds is 5. The van der Waals surface area contributed by atoms with Gasteiger partial charge >= 0.3 is 0 Å². The van der Waals surface area contributed by atoms with E-state index in [1.54, 1.807) is 11.3 Å². The first kappa shape index (κ1) is 18.7. The molecule has 5 nitrogen and oxygen atoms in total. The Morgan fingerprint density at radius 2 is 2.04 bits per heavy atom. The molecule has 1 aromatic heterocycles. The molecule has 0 saturated carbocycles. The zero-order chi connectivity index (χ0) is 18.4. The number of benzene rings is 1. The third-order valence-corrected chi connectivity index (χ3v) is 5.51. The summed E-state index contributed by atoms with van der Waals surface area (Å²) >= 11 is 1.77. The summed E-state index contributed by atoms with van der Waals surface area (Å²) in [5.41, 5.74) is 2.64. The summed E-state index contributed by atoms with van der Waals surface area (Å²) in [6.07, 6.45) is 2.86. The summed E-state index contributed by atoms with van der Waals surface area (Å²) in [6, 6.07) is 8.77. The fourth-order valence-electron chi connectivity index (χ4n) is 3.20. The van der Waals surface area contributed by atoms with E-state index in [0.29, 0.717) is 0 Å². The Bertz CT molecular complexity index is 731. The minimum atomic E-state index is 0.785. The molecule has 2 aromatic rings. The maximum absolute atomic E-state index is 4.83. The Morgan fingerprint density at radius 3 is 2.69 bits per heavy atom. The number of nitrogens with zero attached hydrogens (tertiary/aromatic N) is 4. The number of aliphatic imine (C=N–C) groups is 1. The Kier molecular flexibility index (Phi) is 6.50. The van der Waals surface area contributed by atoms with Crippen LogP contribution in [0.15, 0.2) is 35.5 Å². The average molecular weight is 372 g/mol. The average Bonchev–Trinajstić information content (AvgIpc) is 3.06. The third kappa shape index (κ3) is 4.97. The monoisotopic (exact) mass is 371 g/mol. The van der Waals surface area contributed by atoms with E-state index < -0.39 is 0 Å². The number of anilines is 1. The van der Waals surface area contributed by atoms with Crippen molar-refractivity contribution in [3.63, 3.8) is 0 Å². The molecular weight excluding hydrogens is 342 g/mol. The van der Waals surface area contributed by atoms with Crippen LogP contribution in [0.2, 0.25) is 0 Å². The SMILES string of the molecule is CCNC(=NCCc1ncc(C)s1)N1CCN(c2cccc(C)c2)CC1. The van der Waals surface area contributed by atoms with E-state index in [1.807, 2.05) is 6.20 Å². The van der Waals surface area contributed by atoms with Crippen LogP contribution in [0.3, 0.4) is 0 Å². The number of thiazole rings is 1. The molecule has 6 heteroatoms. The van der Waals surface area contributed by atoms with Gasteiger partial charge in [-0.2, -0.15) is 0 Å². The van der Waals surface area contributed by atoms with E-state index in [-0.39, 0.29) is 0 Å². The number of guanidine groups is 1. The molecule has 26 heavy (non-hydrogen) atoms. The lowest BCUT2D eigenvalue weighted by Gasteiger charge is -2.37. The van der Waals surface area contributed by atoms with Crippen LogP contribution in [-0.4, -0.2) is 55.1 Å². The van der Waals surface area contributed by atoms with Gasteiger partial charge in [0.25, 0.3) is 0 Å². The molecule has 1 saturated heterocycles. The first-order valence-corrected chi connectivity index (χ1v) is 10.2. The molecular formula is C20H29N5S. The minimum Gasteiger partial charge on any atom is -0.368 e. The summed E-state index contributed by atoms with van der Waals surface area (Å²) in [5.74, 6) is 1.03. The topological polar surface area (TPSA) is 43.8 Å². The number of hydrogen-bond acceptors (Lipinski definition) is 4. The number of nitrogens with one attached hydrogen (secondary N) is 1. The van der Waals surface area contributed by atoms with Gasteiger partial charge in [0.05, 0.1) is 5.01 Å². The van der Waals surface area contributed by atoms with Crippen LogP contribution in [0, 0.1) is 13.8 Å². The predicted octanol–water partition coefficient (Wildman–Crippen LogP) is 3.09. The lowest BCUT2D eigenvalue weighted by Crippen LogP contribution is -2.52. The van der Waals surface area contributed by atoms with Crippen molar-refractivity contribution < 1.29 is 0 Å². The number of piperazine rings is 1. The summed E-state index contributed by atoms with van der Waals surface area (Å²) in [4.78, 5) is 15.4. The highest BCUT2D eigenvalue weighted by atomic mass is 32.1. The summed E-state index contributed by atoms with van der Waals surface area (Å²) in [6.45, 7) is 12.1. The van der Waals surface area contributed by atoms with Crippen molar-refractivity contribution in [1.82, 2.24) is 15.2 Å². The zero-order valence-corrected chi connectivity index (χ0v) is 16.9. The van der Waals surface area contributed by atoms with Gasteiger partial charge in [0.1, 0.15) is 0 Å². The maximum Gasteiger partial charge on any atom is 0.194 e. The van der Waals surface area contributed by atoms with Gasteiger partial charge < -0.3 is 15.1 Å². The van der Waals surface area contributed by atoms with Crippen molar-refractivity contribution in [1.29, 1.82) is 0 Å². The molecule has 0 amide bonds. The Balaban J connectivity index is 1.56. The van der Waals surface area contributed by atoms with Gasteiger partial charge in [-0.3, -0.25) is 4.99 Å². The molecule has 0 radical (unpaired) electrons. The van der Waals surface area contributed by atoms with E-state index in [0.717, 1.165) is 51.6 Å². The van der Waals surface area contributed by atoms with Gasteiger partial charge in [-0.1, -0.05) is 12.1 Å². The standard InChI is InChI=1S/C20H29N5S/c1-4-21-20(22-9-8-19-23-15-17(3)26-19)25-12-10-24(11-13-25)18-7-5-6-16(2)14-18/h5-7,14-15H,4,8-13H2,1-3H3,(H,21,22). The van der Waals surface area contributed by atoms with Crippen LogP contribution in [0.4, 0.5) is 5.69 Å². The Labute approximate surface area is 160 Å². The lowest BCUT2D eigenvalue weighted by atomic mass is 10.2. The second-order valence-corrected chi connectivity index (χ2v) is 7.98. The smallest absolute Gasteiger partial charge is 0.194 e. The van der Waals surface area contributed by atoms with Crippen LogP contribution in [0.5, 0.6) is 0 Å². The number of aromatic nitrogens is 1. The zero-order valence-electron chi connectivity index (χ0n) is 16.0. The summed E-state index contributed by atoms with van der Waals surface area (Å²) in [5, 5.41) is 4.62. The van der Waals surface area contributed by atoms with Crippen molar-refractivity contribution in [2.75, 3.05) is 44.2 Å². The molecule has 1 N–H and O–H groups in total. The molecule has 3 rings (SSSR count). The van der Waals surface area contributed by atoms with Crippen LogP contribution in [0.25, 0.3) is 0 Å². The van der Waals surface area contributed by atoms with Gasteiger partial charge in [-0.15, -0.1) is 11.3 Å². The summed E-state index contributed by atoms with van der Waals surface area (Å²) in [7, 11) is 0. The van der Waals surface area contributed by atoms with Crippen molar-refractivity contribution in [3.8, 4) is 0 Å². The van der Waals surface area contributed by atoms with Crippen molar-refractivity contribution in [3.05, 3.63) is 45.9 Å². The largest absolute Gasteiger partial charge is 0.368 e. The van der Waals surface area contributed by atoms with E-state index in [2.05, 4.69) is 65.1 Å². The molecule has 2 heterocycles. The molecule has 1 aliphatic heterocycles. The van der Waals surface area contributed by atoms with Gasteiger partial charge in [0.15, 0.2) is 5.96 Å². The summed E-state index contributed by atoms with van der Waals surface area (Å²) < 4.78 is 0. The van der Waals surface area contributed by atoms with E-state index in [1.165, 1.54) is 21.1 Å². The molecule has 0 bridgehead atoms. The quantitative estimate of drug-likeness (QED) is 0.648. The Morgan fingerprint density at radius 1 is 1.23 bits per heavy atom. The number of hydrogen-bond donors (Lipinski definition) is 1. The second kappa shape index (κ2) is 9.03. The van der Waals surface area contributed by atoms with Crippen LogP contribution in [-0.2, 0) is 6.42 Å². The highest BCUT2D eigenvalue weighted by Gasteiger charge is 2.19. The van der Waals surface area contributed by atoms with E-state index in [9.17, 15) is 0 Å². The van der Waals surface area contributed by atoms with E-state index >= 15 is 0 Å². The van der Waals surface area contributed by atoms with Gasteiger partial charge in [0, 0.05) is 62.5 Å². The molecule has 1 aliphatic rings. The van der Waals surface area contributed by atoms with Crippen LogP contribution in [0.1, 0.15) is 22.4 Å². The van der Waals surface area contributed by atoms with Crippen molar-refractivity contribution >= 4 is 23.0 Å². The first-order valence-electron chi connectivity index (χ1n) is 9.42. The molecule has 0 unspecified atom stereocenters. The first-order chi connectivity index (χ1) is 12.7. The number of aryl methyl sites for hydroxylation is 2. The lowest BCUT2D eigenvalue weighted by molar-refractivity contribution is 0.372. The maximum atomic E-state index is 4.83. The molecule has 0 atom stereocenters. The third-order valence-electron chi connectivity index (χ3n) is 4.54. The fourth-order valence-corrected chi connectivity index (χ4v) is 3.98. The fraction of sp³-hybridized carbons (Fsp3) is 0.500. The predicted molar refractivity (Wildman–Crippen MR) is 111 cm³/mol. The van der Waals surface area contributed by atoms with Crippen LogP contribution < -0.4 is 10.2 Å². The van der Waals surface area contributed by atoms with E-state index in [4.69, 9.17) is 4.99 Å². The highest BCUT2D eigenvalue weighted by molar-refractivity contribution is 7.11. The molecule has 0 spiro atoms. The normalized spacial score (nSPS) is 15.4. The molecule has 1 aromatic carbocycles. The minimum absolute atomic E-state index is 0.785. The molecule has 0 aliphatic carbocycles. The van der Waals surface area contributed by atoms with Crippen molar-refractivity contribution in [2.45, 2.75) is 27.2 Å². The van der Waals surface area contributed by atoms with Crippen LogP contribution >= 0.6 is 11.3 Å². The molecule has 1 fully saturated rings. The van der Waals surface area contributed by atoms with Gasteiger partial charge in [0.2, 0.25) is 0 Å². The Hall–Kier alpha value is -2.08. The second-order valence-electron chi connectivity index (χ2n) is 6.66. The molecule has 140 valence electrons. The highest BCUT2D eigenvalue weighted by Crippen LogP contribution is 2.18. The van der Waals surface area contributed by atoms with Gasteiger partial charge in [-0.05, 0) is 38.5 Å². The van der Waals surface area contributed by atoms with Gasteiger partial charge in [-0.25, -0.2) is 4.98 Å².